The molecule has 0 saturated heterocycles. The number of nitrogens with one attached hydrogen (secondary N) is 1. The lowest BCUT2D eigenvalue weighted by atomic mass is 10.1. The van der Waals surface area contributed by atoms with Crippen molar-refractivity contribution in [2.75, 3.05) is 6.54 Å². The van der Waals surface area contributed by atoms with Gasteiger partial charge in [-0.25, -0.2) is 0 Å². The van der Waals surface area contributed by atoms with Crippen LogP contribution in [0, 0.1) is 0 Å². The van der Waals surface area contributed by atoms with Crippen molar-refractivity contribution < 1.29 is 9.63 Å². The van der Waals surface area contributed by atoms with Crippen LogP contribution in [0.4, 0.5) is 0 Å². The topological polar surface area (TPSA) is 61.1 Å². The fraction of sp³-hybridized carbons (Fsp3) is 0.500. The Bertz CT molecular complexity index is 244. The minimum absolute atomic E-state index is 0.198. The Morgan fingerprint density at radius 3 is 3.30 bits per heavy atom. The van der Waals surface area contributed by atoms with Gasteiger partial charge in [-0.1, -0.05) is 5.16 Å². The van der Waals surface area contributed by atoms with E-state index in [4.69, 9.17) is 4.52 Å². The highest BCUT2D eigenvalue weighted by Gasteiger charge is 2.13. The smallest absolute Gasteiger partial charge is 0.153 e. The van der Waals surface area contributed by atoms with Gasteiger partial charge >= 0.3 is 0 Å². The summed E-state index contributed by atoms with van der Waals surface area (Å²) in [5.74, 6) is 0.507. The summed E-state index contributed by atoms with van der Waals surface area (Å²) in [7, 11) is 0. The van der Waals surface area contributed by atoms with E-state index >= 15 is 0 Å². The summed E-state index contributed by atoms with van der Waals surface area (Å²) < 4.78 is 4.76. The normalized spacial score (nSPS) is 16.8. The van der Waals surface area contributed by atoms with Crippen molar-refractivity contribution in [1.82, 2.24) is 10.5 Å². The maximum atomic E-state index is 10.8. The van der Waals surface area contributed by atoms with Crippen LogP contribution in [0.2, 0.25) is 0 Å². The van der Waals surface area contributed by atoms with Crippen molar-refractivity contribution in [1.29, 1.82) is 0 Å². The first-order valence-corrected chi connectivity index (χ1v) is 3.23. The molecule has 0 aliphatic carbocycles. The third-order valence-corrected chi connectivity index (χ3v) is 1.67. The molecule has 0 bridgehead atoms. The molecule has 0 radical (unpaired) electrons. The van der Waals surface area contributed by atoms with Gasteiger partial charge in [0.15, 0.2) is 5.76 Å². The number of hydrogen-bond acceptors (Lipinski definition) is 4. The zero-order chi connectivity index (χ0) is 6.97. The number of aromatic nitrogens is 1. The third-order valence-electron chi connectivity index (χ3n) is 1.67. The maximum Gasteiger partial charge on any atom is 0.153 e. The van der Waals surface area contributed by atoms with E-state index in [1.165, 1.54) is 0 Å². The number of nitrogens with zero attached hydrogens (tertiary/aromatic N) is 1. The molecule has 4 heteroatoms. The minimum Gasteiger partial charge on any atom is -0.856 e. The van der Waals surface area contributed by atoms with Crippen LogP contribution in [0.5, 0.6) is 5.88 Å². The first-order chi connectivity index (χ1) is 4.88. The lowest BCUT2D eigenvalue weighted by molar-refractivity contribution is -0.278. The van der Waals surface area contributed by atoms with Crippen LogP contribution in [0.1, 0.15) is 11.3 Å². The lowest BCUT2D eigenvalue weighted by Gasteiger charge is -2.11. The molecule has 0 atom stereocenters. The van der Waals surface area contributed by atoms with E-state index in [9.17, 15) is 5.11 Å². The molecule has 4 nitrogen and oxygen atoms in total. The van der Waals surface area contributed by atoms with Gasteiger partial charge < -0.3 is 14.9 Å². The lowest BCUT2D eigenvalue weighted by Crippen LogP contribution is -2.22. The molecular formula is C6H7N2O2-. The Morgan fingerprint density at radius 2 is 2.50 bits per heavy atom. The summed E-state index contributed by atoms with van der Waals surface area (Å²) >= 11 is 0. The first kappa shape index (κ1) is 5.73. The Hall–Kier alpha value is -1.03. The van der Waals surface area contributed by atoms with Crippen molar-refractivity contribution in [2.24, 2.45) is 0 Å². The summed E-state index contributed by atoms with van der Waals surface area (Å²) in [4.78, 5) is 0. The van der Waals surface area contributed by atoms with E-state index in [-0.39, 0.29) is 5.88 Å². The molecule has 1 aromatic rings. The zero-order valence-electron chi connectivity index (χ0n) is 5.39. The Balaban J connectivity index is 2.45. The van der Waals surface area contributed by atoms with Gasteiger partial charge in [-0.3, -0.25) is 0 Å². The third kappa shape index (κ3) is 0.690. The second-order valence-electron chi connectivity index (χ2n) is 2.32. The average molecular weight is 139 g/mol. The molecular weight excluding hydrogens is 132 g/mol. The molecule has 0 saturated carbocycles. The fourth-order valence-electron chi connectivity index (χ4n) is 1.13. The van der Waals surface area contributed by atoms with Crippen molar-refractivity contribution >= 4 is 0 Å². The highest BCUT2D eigenvalue weighted by molar-refractivity contribution is 5.27. The standard InChI is InChI=1S/C6H8N2O2/c9-6-4-1-2-7-3-5(4)10-8-6/h7H,1-3H2,(H,8,9)/p-1. The van der Waals surface area contributed by atoms with E-state index in [1.807, 2.05) is 0 Å². The molecule has 1 N–H and O–H groups in total. The highest BCUT2D eigenvalue weighted by Crippen LogP contribution is 2.19. The molecule has 0 unspecified atom stereocenters. The largest absolute Gasteiger partial charge is 0.856 e. The quantitative estimate of drug-likeness (QED) is 0.521. The molecule has 2 rings (SSSR count). The second kappa shape index (κ2) is 1.98. The fourth-order valence-corrected chi connectivity index (χ4v) is 1.13. The molecule has 1 aromatic heterocycles. The van der Waals surface area contributed by atoms with E-state index in [0.717, 1.165) is 18.5 Å². The summed E-state index contributed by atoms with van der Waals surface area (Å²) in [5, 5.41) is 17.2. The van der Waals surface area contributed by atoms with Crippen LogP contribution in [-0.2, 0) is 13.0 Å². The van der Waals surface area contributed by atoms with Crippen molar-refractivity contribution in [3.05, 3.63) is 11.3 Å². The van der Waals surface area contributed by atoms with Gasteiger partial charge in [0.05, 0.1) is 6.54 Å². The summed E-state index contributed by atoms with van der Waals surface area (Å²) in [6, 6.07) is 0. The van der Waals surface area contributed by atoms with E-state index < -0.39 is 0 Å². The first-order valence-electron chi connectivity index (χ1n) is 3.23. The number of hydrogen-bond donors (Lipinski definition) is 1. The molecule has 54 valence electrons. The number of fused-ring (bicyclic) bond motifs is 1. The molecule has 0 spiro atoms. The molecule has 0 fully saturated rings. The van der Waals surface area contributed by atoms with Crippen LogP contribution < -0.4 is 10.4 Å². The Morgan fingerprint density at radius 1 is 1.60 bits per heavy atom. The molecule has 10 heavy (non-hydrogen) atoms. The predicted octanol–water partition coefficient (Wildman–Crippen LogP) is -0.606. The summed E-state index contributed by atoms with van der Waals surface area (Å²) in [6.45, 7) is 1.49. The summed E-state index contributed by atoms with van der Waals surface area (Å²) in [5.41, 5.74) is 0.749. The van der Waals surface area contributed by atoms with Crippen molar-refractivity contribution in [3.8, 4) is 5.88 Å². The van der Waals surface area contributed by atoms with Gasteiger partial charge in [-0.15, -0.1) is 0 Å². The zero-order valence-corrected chi connectivity index (χ0v) is 5.39. The van der Waals surface area contributed by atoms with Gasteiger partial charge in [0.1, 0.15) is 0 Å². The molecule has 0 amide bonds. The van der Waals surface area contributed by atoms with Crippen LogP contribution in [0.3, 0.4) is 0 Å². The summed E-state index contributed by atoms with van der Waals surface area (Å²) in [6.07, 6.45) is 0.748. The highest BCUT2D eigenvalue weighted by atomic mass is 16.5. The van der Waals surface area contributed by atoms with Crippen LogP contribution in [0.15, 0.2) is 4.52 Å². The van der Waals surface area contributed by atoms with Gasteiger partial charge in [-0.05, 0) is 13.0 Å². The predicted molar refractivity (Wildman–Crippen MR) is 31.4 cm³/mol. The van der Waals surface area contributed by atoms with Crippen molar-refractivity contribution in [2.45, 2.75) is 13.0 Å². The van der Waals surface area contributed by atoms with E-state index in [1.54, 1.807) is 0 Å². The van der Waals surface area contributed by atoms with E-state index in [0.29, 0.717) is 12.3 Å². The molecule has 1 aliphatic rings. The molecule has 2 heterocycles. The van der Waals surface area contributed by atoms with Crippen LogP contribution in [0.25, 0.3) is 0 Å². The van der Waals surface area contributed by atoms with E-state index in [2.05, 4.69) is 10.5 Å². The molecule has 0 aromatic carbocycles. The Labute approximate surface area is 57.8 Å². The van der Waals surface area contributed by atoms with Crippen LogP contribution >= 0.6 is 0 Å². The van der Waals surface area contributed by atoms with Gasteiger partial charge in [0.25, 0.3) is 0 Å². The van der Waals surface area contributed by atoms with Gasteiger partial charge in [0.2, 0.25) is 0 Å². The molecule has 1 aliphatic heterocycles. The second-order valence-corrected chi connectivity index (χ2v) is 2.32. The number of rotatable bonds is 0. The van der Waals surface area contributed by atoms with Crippen molar-refractivity contribution in [3.63, 3.8) is 0 Å². The maximum absolute atomic E-state index is 10.8. The van der Waals surface area contributed by atoms with Crippen LogP contribution in [-0.4, -0.2) is 11.7 Å². The van der Waals surface area contributed by atoms with Gasteiger partial charge in [-0.2, -0.15) is 0 Å². The monoisotopic (exact) mass is 139 g/mol. The average Bonchev–Trinajstić information content (AvgIpc) is 2.34. The minimum atomic E-state index is -0.198. The van der Waals surface area contributed by atoms with Gasteiger partial charge in [0, 0.05) is 11.4 Å². The SMILES string of the molecule is [O-]c1noc2c1CCNC2. The Kier molecular flexibility index (Phi) is 1.14.